The van der Waals surface area contributed by atoms with Crippen LogP contribution in [0.1, 0.15) is 19.8 Å². The average Bonchev–Trinajstić information content (AvgIpc) is 3.11. The van der Waals surface area contributed by atoms with E-state index in [4.69, 9.17) is 11.6 Å². The molecule has 5 nitrogen and oxygen atoms in total. The van der Waals surface area contributed by atoms with Gasteiger partial charge < -0.3 is 15.2 Å². The van der Waals surface area contributed by atoms with Crippen LogP contribution in [0.2, 0.25) is 5.02 Å². The number of nitrogens with one attached hydrogen (secondary N) is 2. The molecule has 1 unspecified atom stereocenters. The Morgan fingerprint density at radius 3 is 3.05 bits per heavy atom. The zero-order valence-electron chi connectivity index (χ0n) is 11.8. The highest BCUT2D eigenvalue weighted by Crippen LogP contribution is 2.30. The summed E-state index contributed by atoms with van der Waals surface area (Å²) in [7, 11) is 0. The second-order valence-electron chi connectivity index (χ2n) is 5.42. The van der Waals surface area contributed by atoms with Gasteiger partial charge in [-0.1, -0.05) is 17.7 Å². The van der Waals surface area contributed by atoms with Crippen molar-refractivity contribution in [2.24, 2.45) is 0 Å². The molecule has 1 amide bonds. The summed E-state index contributed by atoms with van der Waals surface area (Å²) in [6.07, 6.45) is 6.97. The first-order chi connectivity index (χ1) is 10.1. The fourth-order valence-corrected chi connectivity index (χ4v) is 2.89. The second-order valence-corrected chi connectivity index (χ2v) is 5.83. The molecule has 0 saturated carbocycles. The molecule has 1 aliphatic rings. The molecule has 0 spiro atoms. The summed E-state index contributed by atoms with van der Waals surface area (Å²) in [6.45, 7) is 2.80. The minimum absolute atomic E-state index is 0.0383. The standard InChI is InChI=1S/C15H17ClN4O/c1-15(6-3-7-18-15)14(21)19-12-5-2-4-11(16)13(12)20-9-8-17-10-20/h2,4-5,8-10,18H,3,6-7H2,1H3,(H,19,21). The van der Waals surface area contributed by atoms with Gasteiger partial charge in [-0.05, 0) is 38.4 Å². The van der Waals surface area contributed by atoms with E-state index in [9.17, 15) is 4.79 Å². The molecule has 3 rings (SSSR count). The number of amides is 1. The lowest BCUT2D eigenvalue weighted by molar-refractivity contribution is -0.121. The molecular formula is C15H17ClN4O. The maximum atomic E-state index is 12.5. The van der Waals surface area contributed by atoms with Crippen molar-refractivity contribution >= 4 is 23.2 Å². The van der Waals surface area contributed by atoms with Crippen LogP contribution in [0.3, 0.4) is 0 Å². The van der Waals surface area contributed by atoms with Gasteiger partial charge in [0.05, 0.1) is 28.3 Å². The Hall–Kier alpha value is -1.85. The van der Waals surface area contributed by atoms with Crippen LogP contribution in [0.15, 0.2) is 36.9 Å². The third-order valence-corrected chi connectivity index (χ3v) is 4.17. The third kappa shape index (κ3) is 2.66. The first kappa shape index (κ1) is 14.1. The number of hydrogen-bond acceptors (Lipinski definition) is 3. The first-order valence-electron chi connectivity index (χ1n) is 6.93. The van der Waals surface area contributed by atoms with Crippen LogP contribution in [-0.2, 0) is 4.79 Å². The van der Waals surface area contributed by atoms with E-state index < -0.39 is 5.54 Å². The van der Waals surface area contributed by atoms with E-state index >= 15 is 0 Å². The number of carbonyl (C=O) groups is 1. The van der Waals surface area contributed by atoms with Crippen molar-refractivity contribution in [1.29, 1.82) is 0 Å². The van der Waals surface area contributed by atoms with Gasteiger partial charge in [-0.3, -0.25) is 4.79 Å². The molecule has 0 bridgehead atoms. The number of aromatic nitrogens is 2. The van der Waals surface area contributed by atoms with Crippen molar-refractivity contribution in [3.63, 3.8) is 0 Å². The van der Waals surface area contributed by atoms with E-state index in [1.54, 1.807) is 29.4 Å². The lowest BCUT2D eigenvalue weighted by Gasteiger charge is -2.24. The summed E-state index contributed by atoms with van der Waals surface area (Å²) < 4.78 is 1.79. The smallest absolute Gasteiger partial charge is 0.244 e. The van der Waals surface area contributed by atoms with Crippen molar-refractivity contribution in [3.05, 3.63) is 41.9 Å². The Bertz CT molecular complexity index is 648. The fraction of sp³-hybridized carbons (Fsp3) is 0.333. The SMILES string of the molecule is CC1(C(=O)Nc2cccc(Cl)c2-n2ccnc2)CCCN1. The van der Waals surface area contributed by atoms with Gasteiger partial charge >= 0.3 is 0 Å². The van der Waals surface area contributed by atoms with E-state index in [0.29, 0.717) is 10.7 Å². The predicted molar refractivity (Wildman–Crippen MR) is 82.8 cm³/mol. The molecule has 2 heterocycles. The van der Waals surface area contributed by atoms with Crippen molar-refractivity contribution in [2.75, 3.05) is 11.9 Å². The molecular weight excluding hydrogens is 288 g/mol. The zero-order valence-corrected chi connectivity index (χ0v) is 12.5. The molecule has 1 aromatic heterocycles. The van der Waals surface area contributed by atoms with Crippen LogP contribution in [0.4, 0.5) is 5.69 Å². The molecule has 2 aromatic rings. The highest BCUT2D eigenvalue weighted by molar-refractivity contribution is 6.33. The van der Waals surface area contributed by atoms with Gasteiger partial charge in [-0.15, -0.1) is 0 Å². The summed E-state index contributed by atoms with van der Waals surface area (Å²) in [6, 6.07) is 5.46. The maximum Gasteiger partial charge on any atom is 0.244 e. The highest BCUT2D eigenvalue weighted by Gasteiger charge is 2.36. The van der Waals surface area contributed by atoms with Gasteiger partial charge in [0.1, 0.15) is 0 Å². The van der Waals surface area contributed by atoms with E-state index in [1.807, 2.05) is 19.1 Å². The molecule has 1 aliphatic heterocycles. The van der Waals surface area contributed by atoms with Gasteiger partial charge in [0.25, 0.3) is 0 Å². The number of imidazole rings is 1. The largest absolute Gasteiger partial charge is 0.323 e. The van der Waals surface area contributed by atoms with Crippen LogP contribution >= 0.6 is 11.6 Å². The maximum absolute atomic E-state index is 12.5. The number of hydrogen-bond donors (Lipinski definition) is 2. The Morgan fingerprint density at radius 2 is 2.38 bits per heavy atom. The van der Waals surface area contributed by atoms with Gasteiger partial charge in [0.2, 0.25) is 5.91 Å². The van der Waals surface area contributed by atoms with E-state index in [2.05, 4.69) is 15.6 Å². The van der Waals surface area contributed by atoms with Crippen LogP contribution in [0, 0.1) is 0 Å². The van der Waals surface area contributed by atoms with Gasteiger partial charge in [-0.2, -0.15) is 0 Å². The number of para-hydroxylation sites is 1. The van der Waals surface area contributed by atoms with Crippen LogP contribution < -0.4 is 10.6 Å². The molecule has 1 atom stereocenters. The van der Waals surface area contributed by atoms with Gasteiger partial charge in [-0.25, -0.2) is 4.98 Å². The van der Waals surface area contributed by atoms with Crippen LogP contribution in [-0.4, -0.2) is 27.5 Å². The molecule has 21 heavy (non-hydrogen) atoms. The highest BCUT2D eigenvalue weighted by atomic mass is 35.5. The van der Waals surface area contributed by atoms with E-state index in [1.165, 1.54) is 0 Å². The third-order valence-electron chi connectivity index (χ3n) is 3.87. The molecule has 6 heteroatoms. The van der Waals surface area contributed by atoms with E-state index in [0.717, 1.165) is 25.1 Å². The molecule has 2 N–H and O–H groups in total. The lowest BCUT2D eigenvalue weighted by atomic mass is 9.99. The average molecular weight is 305 g/mol. The Kier molecular flexibility index (Phi) is 3.69. The summed E-state index contributed by atoms with van der Waals surface area (Å²) in [5.41, 5.74) is 0.890. The van der Waals surface area contributed by atoms with Crippen molar-refractivity contribution in [3.8, 4) is 5.69 Å². The van der Waals surface area contributed by atoms with Gasteiger partial charge in [0, 0.05) is 12.4 Å². The minimum atomic E-state index is -0.519. The number of rotatable bonds is 3. The normalized spacial score (nSPS) is 21.4. The number of anilines is 1. The summed E-state index contributed by atoms with van der Waals surface area (Å²) in [4.78, 5) is 16.6. The molecule has 0 aliphatic carbocycles. The van der Waals surface area contributed by atoms with Crippen LogP contribution in [0.5, 0.6) is 0 Å². The van der Waals surface area contributed by atoms with E-state index in [-0.39, 0.29) is 5.91 Å². The van der Waals surface area contributed by atoms with Gasteiger partial charge in [0.15, 0.2) is 0 Å². The number of carbonyl (C=O) groups excluding carboxylic acids is 1. The van der Waals surface area contributed by atoms with Crippen LogP contribution in [0.25, 0.3) is 5.69 Å². The monoisotopic (exact) mass is 304 g/mol. The molecule has 1 saturated heterocycles. The topological polar surface area (TPSA) is 59.0 Å². The Labute approximate surface area is 128 Å². The lowest BCUT2D eigenvalue weighted by Crippen LogP contribution is -2.48. The summed E-state index contributed by atoms with van der Waals surface area (Å²) in [5, 5.41) is 6.81. The minimum Gasteiger partial charge on any atom is -0.323 e. The number of nitrogens with zero attached hydrogens (tertiary/aromatic N) is 2. The number of halogens is 1. The second kappa shape index (κ2) is 5.50. The summed E-state index contributed by atoms with van der Waals surface area (Å²) in [5.74, 6) is -0.0383. The Balaban J connectivity index is 1.93. The van der Waals surface area contributed by atoms with Crippen molar-refractivity contribution in [1.82, 2.24) is 14.9 Å². The van der Waals surface area contributed by atoms with Crippen molar-refractivity contribution in [2.45, 2.75) is 25.3 Å². The molecule has 1 aromatic carbocycles. The zero-order chi connectivity index (χ0) is 14.9. The fourth-order valence-electron chi connectivity index (χ4n) is 2.62. The predicted octanol–water partition coefficient (Wildman–Crippen LogP) is 2.61. The molecule has 0 radical (unpaired) electrons. The first-order valence-corrected chi connectivity index (χ1v) is 7.31. The quantitative estimate of drug-likeness (QED) is 0.916. The molecule has 1 fully saturated rings. The molecule has 110 valence electrons. The number of benzene rings is 1. The summed E-state index contributed by atoms with van der Waals surface area (Å²) >= 11 is 6.28. The van der Waals surface area contributed by atoms with Crippen molar-refractivity contribution < 1.29 is 4.79 Å². The Morgan fingerprint density at radius 1 is 1.52 bits per heavy atom.